The SMILES string of the molecule is CCN(CC)CCNC(=O)c1cc2n(n1)CC(C)(C(=O)NCc1ccc(F)cc1)N(C)C2=O. The van der Waals surface area contributed by atoms with Crippen LogP contribution in [-0.4, -0.2) is 76.1 Å². The molecule has 33 heavy (non-hydrogen) atoms. The van der Waals surface area contributed by atoms with Crippen LogP contribution in [0.2, 0.25) is 0 Å². The van der Waals surface area contributed by atoms with Gasteiger partial charge in [0.05, 0.1) is 6.54 Å². The molecule has 1 aliphatic rings. The number of likely N-dealkylation sites (N-methyl/N-ethyl adjacent to an activating group) is 2. The first-order valence-corrected chi connectivity index (χ1v) is 11.1. The number of fused-ring (bicyclic) bond motifs is 1. The fraction of sp³-hybridized carbons (Fsp3) is 0.478. The first-order valence-electron chi connectivity index (χ1n) is 11.1. The van der Waals surface area contributed by atoms with Gasteiger partial charge in [-0.15, -0.1) is 0 Å². The Kier molecular flexibility index (Phi) is 7.47. The minimum Gasteiger partial charge on any atom is -0.350 e. The number of rotatable bonds is 9. The summed E-state index contributed by atoms with van der Waals surface area (Å²) in [7, 11) is 1.56. The van der Waals surface area contributed by atoms with E-state index in [4.69, 9.17) is 0 Å². The van der Waals surface area contributed by atoms with Crippen molar-refractivity contribution in [2.75, 3.05) is 33.2 Å². The van der Waals surface area contributed by atoms with E-state index in [0.29, 0.717) is 6.54 Å². The Morgan fingerprint density at radius 1 is 1.18 bits per heavy atom. The molecule has 178 valence electrons. The van der Waals surface area contributed by atoms with Gasteiger partial charge >= 0.3 is 0 Å². The van der Waals surface area contributed by atoms with Gasteiger partial charge in [-0.3, -0.25) is 19.1 Å². The molecule has 0 aliphatic carbocycles. The van der Waals surface area contributed by atoms with Crippen LogP contribution in [0.3, 0.4) is 0 Å². The van der Waals surface area contributed by atoms with Crippen molar-refractivity contribution in [2.45, 2.75) is 39.4 Å². The smallest absolute Gasteiger partial charge is 0.272 e. The molecule has 0 radical (unpaired) electrons. The molecule has 1 aromatic heterocycles. The predicted octanol–water partition coefficient (Wildman–Crippen LogP) is 1.25. The van der Waals surface area contributed by atoms with Gasteiger partial charge in [0, 0.05) is 32.7 Å². The normalized spacial score (nSPS) is 17.8. The molecular weight excluding hydrogens is 427 g/mol. The number of halogens is 1. The largest absolute Gasteiger partial charge is 0.350 e. The highest BCUT2D eigenvalue weighted by Gasteiger charge is 2.46. The first-order chi connectivity index (χ1) is 15.7. The molecule has 0 saturated heterocycles. The number of carbonyl (C=O) groups excluding carboxylic acids is 3. The number of hydrogen-bond donors (Lipinski definition) is 2. The molecule has 1 unspecified atom stereocenters. The topological polar surface area (TPSA) is 99.6 Å². The zero-order valence-corrected chi connectivity index (χ0v) is 19.5. The summed E-state index contributed by atoms with van der Waals surface area (Å²) in [6.45, 7) is 9.06. The summed E-state index contributed by atoms with van der Waals surface area (Å²) >= 11 is 0. The summed E-state index contributed by atoms with van der Waals surface area (Å²) in [6, 6.07) is 7.28. The van der Waals surface area contributed by atoms with Crippen molar-refractivity contribution in [3.63, 3.8) is 0 Å². The van der Waals surface area contributed by atoms with Gasteiger partial charge in [-0.2, -0.15) is 5.10 Å². The van der Waals surface area contributed by atoms with E-state index < -0.39 is 11.4 Å². The van der Waals surface area contributed by atoms with Crippen molar-refractivity contribution in [2.24, 2.45) is 0 Å². The van der Waals surface area contributed by atoms with Crippen LogP contribution in [0.1, 0.15) is 47.3 Å². The monoisotopic (exact) mass is 458 g/mol. The van der Waals surface area contributed by atoms with Crippen molar-refractivity contribution in [3.8, 4) is 0 Å². The van der Waals surface area contributed by atoms with Crippen LogP contribution >= 0.6 is 0 Å². The minimum absolute atomic E-state index is 0.104. The Labute approximate surface area is 192 Å². The molecule has 3 rings (SSSR count). The molecule has 1 atom stereocenters. The van der Waals surface area contributed by atoms with E-state index in [1.165, 1.54) is 27.8 Å². The zero-order chi connectivity index (χ0) is 24.2. The van der Waals surface area contributed by atoms with E-state index in [0.717, 1.165) is 25.2 Å². The third-order valence-corrected chi connectivity index (χ3v) is 6.20. The Bertz CT molecular complexity index is 1020. The standard InChI is InChI=1S/C23H31FN6O3/c1-5-29(6-2)12-11-25-20(31)18-13-19-21(32)28(4)23(3,15-30(19)27-18)22(33)26-14-16-7-9-17(24)10-8-16/h7-10,13H,5-6,11-12,14-15H2,1-4H3,(H,25,31)(H,26,33). The molecule has 10 heteroatoms. The van der Waals surface area contributed by atoms with Gasteiger partial charge in [0.15, 0.2) is 5.69 Å². The average Bonchev–Trinajstić information content (AvgIpc) is 3.23. The number of nitrogens with zero attached hydrogens (tertiary/aromatic N) is 4. The second-order valence-corrected chi connectivity index (χ2v) is 8.30. The van der Waals surface area contributed by atoms with Crippen LogP contribution in [0.4, 0.5) is 4.39 Å². The number of benzene rings is 1. The molecule has 0 spiro atoms. The van der Waals surface area contributed by atoms with Crippen molar-refractivity contribution in [1.29, 1.82) is 0 Å². The maximum atomic E-state index is 13.1. The van der Waals surface area contributed by atoms with E-state index in [-0.39, 0.29) is 42.1 Å². The molecule has 2 heterocycles. The van der Waals surface area contributed by atoms with Crippen molar-refractivity contribution in [1.82, 2.24) is 30.2 Å². The van der Waals surface area contributed by atoms with Crippen LogP contribution in [0.25, 0.3) is 0 Å². The van der Waals surface area contributed by atoms with E-state index >= 15 is 0 Å². The van der Waals surface area contributed by atoms with E-state index in [2.05, 4.69) is 34.5 Å². The van der Waals surface area contributed by atoms with Crippen LogP contribution in [-0.2, 0) is 17.9 Å². The maximum Gasteiger partial charge on any atom is 0.272 e. The third-order valence-electron chi connectivity index (χ3n) is 6.20. The zero-order valence-electron chi connectivity index (χ0n) is 19.5. The number of amides is 3. The lowest BCUT2D eigenvalue weighted by atomic mass is 9.96. The van der Waals surface area contributed by atoms with Gasteiger partial charge in [-0.25, -0.2) is 4.39 Å². The molecule has 3 amide bonds. The summed E-state index contributed by atoms with van der Waals surface area (Å²) in [4.78, 5) is 42.1. The summed E-state index contributed by atoms with van der Waals surface area (Å²) in [5.74, 6) is -1.47. The highest BCUT2D eigenvalue weighted by atomic mass is 19.1. The van der Waals surface area contributed by atoms with Crippen molar-refractivity contribution in [3.05, 3.63) is 53.1 Å². The van der Waals surface area contributed by atoms with E-state index in [1.54, 1.807) is 26.1 Å². The molecule has 2 aromatic rings. The maximum absolute atomic E-state index is 13.1. The van der Waals surface area contributed by atoms with Gasteiger partial charge in [0.2, 0.25) is 5.91 Å². The van der Waals surface area contributed by atoms with Crippen LogP contribution < -0.4 is 10.6 Å². The Hall–Kier alpha value is -3.27. The number of carbonyl (C=O) groups is 3. The summed E-state index contributed by atoms with van der Waals surface area (Å²) < 4.78 is 14.5. The molecule has 0 bridgehead atoms. The first kappa shape index (κ1) is 24.4. The Balaban J connectivity index is 1.68. The summed E-state index contributed by atoms with van der Waals surface area (Å²) in [6.07, 6.45) is 0. The Morgan fingerprint density at radius 3 is 2.48 bits per heavy atom. The van der Waals surface area contributed by atoms with Crippen molar-refractivity contribution >= 4 is 17.7 Å². The number of hydrogen-bond acceptors (Lipinski definition) is 5. The second-order valence-electron chi connectivity index (χ2n) is 8.30. The lowest BCUT2D eigenvalue weighted by Crippen LogP contribution is -2.62. The van der Waals surface area contributed by atoms with Crippen LogP contribution in [0, 0.1) is 5.82 Å². The quantitative estimate of drug-likeness (QED) is 0.589. The Morgan fingerprint density at radius 2 is 1.85 bits per heavy atom. The molecule has 1 aliphatic heterocycles. The fourth-order valence-corrected chi connectivity index (χ4v) is 3.77. The molecule has 0 saturated carbocycles. The summed E-state index contributed by atoms with van der Waals surface area (Å²) in [5, 5.41) is 9.94. The van der Waals surface area contributed by atoms with Crippen LogP contribution in [0.5, 0.6) is 0 Å². The van der Waals surface area contributed by atoms with E-state index in [9.17, 15) is 18.8 Å². The lowest BCUT2D eigenvalue weighted by molar-refractivity contribution is -0.132. The molecular formula is C23H31FN6O3. The molecule has 2 N–H and O–H groups in total. The van der Waals surface area contributed by atoms with Gasteiger partial charge in [-0.1, -0.05) is 26.0 Å². The second kappa shape index (κ2) is 10.1. The van der Waals surface area contributed by atoms with Crippen LogP contribution in [0.15, 0.2) is 30.3 Å². The molecule has 9 nitrogen and oxygen atoms in total. The highest BCUT2D eigenvalue weighted by Crippen LogP contribution is 2.26. The minimum atomic E-state index is -1.20. The lowest BCUT2D eigenvalue weighted by Gasteiger charge is -2.40. The number of aromatic nitrogens is 2. The van der Waals surface area contributed by atoms with Gasteiger partial charge in [-0.05, 0) is 37.7 Å². The molecule has 1 aromatic carbocycles. The third kappa shape index (κ3) is 5.22. The fourth-order valence-electron chi connectivity index (χ4n) is 3.77. The summed E-state index contributed by atoms with van der Waals surface area (Å²) in [5.41, 5.74) is -0.0637. The highest BCUT2D eigenvalue weighted by molar-refractivity contribution is 6.01. The molecule has 0 fully saturated rings. The number of nitrogens with one attached hydrogen (secondary N) is 2. The average molecular weight is 459 g/mol. The van der Waals surface area contributed by atoms with E-state index in [1.807, 2.05) is 0 Å². The van der Waals surface area contributed by atoms with Crippen molar-refractivity contribution < 1.29 is 18.8 Å². The van der Waals surface area contributed by atoms with Gasteiger partial charge < -0.3 is 20.4 Å². The van der Waals surface area contributed by atoms with Gasteiger partial charge in [0.25, 0.3) is 11.8 Å². The predicted molar refractivity (Wildman–Crippen MR) is 121 cm³/mol. The van der Waals surface area contributed by atoms with Gasteiger partial charge in [0.1, 0.15) is 17.1 Å².